The first-order valence-corrected chi connectivity index (χ1v) is 9.63. The Balaban J connectivity index is 1.49. The van der Waals surface area contributed by atoms with Crippen molar-refractivity contribution in [2.24, 2.45) is 0 Å². The molecule has 1 fully saturated rings. The standard InChI is InChI=1S/C21H22FN5O2/c1-2-27-18-9-4-3-8-17(18)24-19(20(27)28)25-10-12-26(13-11-25)21(29)23-16-7-5-6-15(22)14-16/h3-9,14H,2,10-13H2,1H3,(H,23,29). The molecule has 2 amide bonds. The average Bonchev–Trinajstić information content (AvgIpc) is 2.73. The van der Waals surface area contributed by atoms with Crippen molar-refractivity contribution in [2.45, 2.75) is 13.5 Å². The van der Waals surface area contributed by atoms with E-state index in [2.05, 4.69) is 10.3 Å². The van der Waals surface area contributed by atoms with Gasteiger partial charge in [-0.25, -0.2) is 14.2 Å². The summed E-state index contributed by atoms with van der Waals surface area (Å²) in [4.78, 5) is 33.6. The molecule has 2 heterocycles. The van der Waals surface area contributed by atoms with Gasteiger partial charge in [-0.15, -0.1) is 0 Å². The van der Waals surface area contributed by atoms with Gasteiger partial charge in [0.25, 0.3) is 5.56 Å². The van der Waals surface area contributed by atoms with Crippen molar-refractivity contribution >= 4 is 28.6 Å². The monoisotopic (exact) mass is 395 g/mol. The number of nitrogens with one attached hydrogen (secondary N) is 1. The number of urea groups is 1. The van der Waals surface area contributed by atoms with Crippen LogP contribution in [0.5, 0.6) is 0 Å². The summed E-state index contributed by atoms with van der Waals surface area (Å²) in [7, 11) is 0. The molecule has 3 aromatic rings. The van der Waals surface area contributed by atoms with E-state index in [4.69, 9.17) is 0 Å². The van der Waals surface area contributed by atoms with E-state index in [9.17, 15) is 14.0 Å². The van der Waals surface area contributed by atoms with E-state index in [-0.39, 0.29) is 11.6 Å². The van der Waals surface area contributed by atoms with Crippen molar-refractivity contribution in [1.82, 2.24) is 14.5 Å². The van der Waals surface area contributed by atoms with Crippen LogP contribution in [0.2, 0.25) is 0 Å². The number of rotatable bonds is 3. The number of nitrogens with zero attached hydrogens (tertiary/aromatic N) is 4. The van der Waals surface area contributed by atoms with Crippen molar-refractivity contribution in [2.75, 3.05) is 36.4 Å². The Morgan fingerprint density at radius 2 is 1.86 bits per heavy atom. The van der Waals surface area contributed by atoms with Crippen LogP contribution in [-0.4, -0.2) is 46.7 Å². The average molecular weight is 395 g/mol. The first-order valence-electron chi connectivity index (χ1n) is 9.63. The fourth-order valence-electron chi connectivity index (χ4n) is 3.59. The van der Waals surface area contributed by atoms with E-state index in [0.717, 1.165) is 11.0 Å². The summed E-state index contributed by atoms with van der Waals surface area (Å²) in [6.07, 6.45) is 0. The van der Waals surface area contributed by atoms with Gasteiger partial charge in [0.1, 0.15) is 5.82 Å². The first kappa shape index (κ1) is 18.9. The van der Waals surface area contributed by atoms with Crippen LogP contribution in [0.3, 0.4) is 0 Å². The van der Waals surface area contributed by atoms with E-state index in [0.29, 0.717) is 44.2 Å². The highest BCUT2D eigenvalue weighted by Gasteiger charge is 2.24. The second-order valence-electron chi connectivity index (χ2n) is 6.89. The summed E-state index contributed by atoms with van der Waals surface area (Å²) in [5.74, 6) is 0.0120. The van der Waals surface area contributed by atoms with Crippen LogP contribution < -0.4 is 15.8 Å². The lowest BCUT2D eigenvalue weighted by Crippen LogP contribution is -2.51. The molecule has 29 heavy (non-hydrogen) atoms. The number of amides is 2. The Morgan fingerprint density at radius 3 is 2.59 bits per heavy atom. The molecule has 1 aliphatic heterocycles. The molecular formula is C21H22FN5O2. The van der Waals surface area contributed by atoms with Crippen LogP contribution in [0.25, 0.3) is 11.0 Å². The Labute approximate surface area is 167 Å². The molecule has 150 valence electrons. The number of hydrogen-bond donors (Lipinski definition) is 1. The van der Waals surface area contributed by atoms with Gasteiger partial charge in [0.15, 0.2) is 5.82 Å². The van der Waals surface area contributed by atoms with Crippen LogP contribution in [-0.2, 0) is 6.54 Å². The number of para-hydroxylation sites is 2. The van der Waals surface area contributed by atoms with Gasteiger partial charge in [-0.05, 0) is 37.3 Å². The Morgan fingerprint density at radius 1 is 1.10 bits per heavy atom. The van der Waals surface area contributed by atoms with Gasteiger partial charge in [0, 0.05) is 38.4 Å². The quantitative estimate of drug-likeness (QED) is 0.740. The van der Waals surface area contributed by atoms with Gasteiger partial charge < -0.3 is 19.7 Å². The second-order valence-corrected chi connectivity index (χ2v) is 6.89. The fraction of sp³-hybridized carbons (Fsp3) is 0.286. The maximum atomic E-state index is 13.3. The summed E-state index contributed by atoms with van der Waals surface area (Å²) in [6, 6.07) is 13.1. The van der Waals surface area contributed by atoms with Gasteiger partial charge in [-0.1, -0.05) is 18.2 Å². The van der Waals surface area contributed by atoms with Gasteiger partial charge in [-0.3, -0.25) is 4.79 Å². The number of halogens is 1. The molecule has 0 spiro atoms. The summed E-state index contributed by atoms with van der Waals surface area (Å²) >= 11 is 0. The molecule has 4 rings (SSSR count). The van der Waals surface area contributed by atoms with Crippen molar-refractivity contribution in [3.8, 4) is 0 Å². The zero-order valence-corrected chi connectivity index (χ0v) is 16.1. The number of hydrogen-bond acceptors (Lipinski definition) is 4. The Kier molecular flexibility index (Phi) is 5.16. The number of carbonyl (C=O) groups is 1. The number of benzene rings is 2. The minimum atomic E-state index is -0.401. The molecule has 1 N–H and O–H groups in total. The van der Waals surface area contributed by atoms with E-state index in [1.54, 1.807) is 21.6 Å². The highest BCUT2D eigenvalue weighted by molar-refractivity contribution is 5.89. The van der Waals surface area contributed by atoms with Crippen LogP contribution in [0.4, 0.5) is 20.7 Å². The third-order valence-electron chi connectivity index (χ3n) is 5.09. The van der Waals surface area contributed by atoms with Crippen molar-refractivity contribution < 1.29 is 9.18 Å². The molecule has 0 radical (unpaired) electrons. The molecular weight excluding hydrogens is 373 g/mol. The van der Waals surface area contributed by atoms with Crippen molar-refractivity contribution in [3.63, 3.8) is 0 Å². The van der Waals surface area contributed by atoms with Crippen LogP contribution in [0.1, 0.15) is 6.92 Å². The predicted molar refractivity (Wildman–Crippen MR) is 111 cm³/mol. The molecule has 0 bridgehead atoms. The largest absolute Gasteiger partial charge is 0.348 e. The van der Waals surface area contributed by atoms with E-state index in [1.165, 1.54) is 12.1 Å². The van der Waals surface area contributed by atoms with E-state index >= 15 is 0 Å². The number of aryl methyl sites for hydroxylation is 1. The van der Waals surface area contributed by atoms with E-state index < -0.39 is 5.82 Å². The smallest absolute Gasteiger partial charge is 0.321 e. The normalized spacial score (nSPS) is 14.3. The number of fused-ring (bicyclic) bond motifs is 1. The van der Waals surface area contributed by atoms with Gasteiger partial charge in [-0.2, -0.15) is 0 Å². The molecule has 8 heteroatoms. The highest BCUT2D eigenvalue weighted by Crippen LogP contribution is 2.17. The molecule has 1 aromatic heterocycles. The lowest BCUT2D eigenvalue weighted by molar-refractivity contribution is 0.208. The maximum absolute atomic E-state index is 13.3. The van der Waals surface area contributed by atoms with Crippen LogP contribution in [0, 0.1) is 5.82 Å². The van der Waals surface area contributed by atoms with E-state index in [1.807, 2.05) is 36.1 Å². The minimum Gasteiger partial charge on any atom is -0.348 e. The SMILES string of the molecule is CCn1c(=O)c(N2CCN(C(=O)Nc3cccc(F)c3)CC2)nc2ccccc21. The fourth-order valence-corrected chi connectivity index (χ4v) is 3.59. The number of anilines is 2. The zero-order chi connectivity index (χ0) is 20.4. The summed E-state index contributed by atoms with van der Waals surface area (Å²) in [5, 5.41) is 2.71. The molecule has 1 aliphatic rings. The van der Waals surface area contributed by atoms with Gasteiger partial charge in [0.2, 0.25) is 0 Å². The zero-order valence-electron chi connectivity index (χ0n) is 16.1. The number of carbonyl (C=O) groups excluding carboxylic acids is 1. The molecule has 1 saturated heterocycles. The first-order chi connectivity index (χ1) is 14.1. The summed E-state index contributed by atoms with van der Waals surface area (Å²) in [5.41, 5.74) is 1.88. The Bertz CT molecular complexity index is 1110. The molecule has 0 unspecified atom stereocenters. The van der Waals surface area contributed by atoms with Crippen molar-refractivity contribution in [3.05, 3.63) is 64.7 Å². The molecule has 2 aromatic carbocycles. The van der Waals surface area contributed by atoms with Gasteiger partial charge >= 0.3 is 6.03 Å². The second kappa shape index (κ2) is 7.90. The predicted octanol–water partition coefficient (Wildman–Crippen LogP) is 2.91. The maximum Gasteiger partial charge on any atom is 0.321 e. The van der Waals surface area contributed by atoms with Crippen molar-refractivity contribution in [1.29, 1.82) is 0 Å². The lowest BCUT2D eigenvalue weighted by Gasteiger charge is -2.35. The Hall–Kier alpha value is -3.42. The van der Waals surface area contributed by atoms with Crippen LogP contribution >= 0.6 is 0 Å². The molecule has 0 atom stereocenters. The lowest BCUT2D eigenvalue weighted by atomic mass is 10.2. The number of aromatic nitrogens is 2. The third kappa shape index (κ3) is 3.78. The molecule has 7 nitrogen and oxygen atoms in total. The minimum absolute atomic E-state index is 0.121. The third-order valence-corrected chi connectivity index (χ3v) is 5.09. The summed E-state index contributed by atoms with van der Waals surface area (Å²) in [6.45, 7) is 4.39. The number of piperazine rings is 1. The highest BCUT2D eigenvalue weighted by atomic mass is 19.1. The summed E-state index contributed by atoms with van der Waals surface area (Å²) < 4.78 is 15.0. The molecule has 0 saturated carbocycles. The topological polar surface area (TPSA) is 70.5 Å². The van der Waals surface area contributed by atoms with Crippen LogP contribution in [0.15, 0.2) is 53.3 Å². The van der Waals surface area contributed by atoms with Gasteiger partial charge in [0.05, 0.1) is 11.0 Å². The molecule has 0 aliphatic carbocycles.